The van der Waals surface area contributed by atoms with E-state index in [4.69, 9.17) is 9.15 Å². The summed E-state index contributed by atoms with van der Waals surface area (Å²) >= 11 is 0. The van der Waals surface area contributed by atoms with Crippen molar-refractivity contribution in [1.82, 2.24) is 15.0 Å². The first-order valence-corrected chi connectivity index (χ1v) is 8.47. The van der Waals surface area contributed by atoms with Gasteiger partial charge in [0.15, 0.2) is 11.4 Å². The molecule has 0 spiro atoms. The van der Waals surface area contributed by atoms with E-state index in [1.54, 1.807) is 6.92 Å². The van der Waals surface area contributed by atoms with Gasteiger partial charge in [-0.2, -0.15) is 0 Å². The van der Waals surface area contributed by atoms with Crippen LogP contribution in [-0.2, 0) is 17.8 Å². The van der Waals surface area contributed by atoms with Crippen molar-refractivity contribution in [3.8, 4) is 0 Å². The molecule has 4 heterocycles. The van der Waals surface area contributed by atoms with Gasteiger partial charge < -0.3 is 19.6 Å². The molecule has 7 nitrogen and oxygen atoms in total. The summed E-state index contributed by atoms with van der Waals surface area (Å²) in [5.74, 6) is 0.571. The van der Waals surface area contributed by atoms with E-state index >= 15 is 0 Å². The molecule has 0 bridgehead atoms. The molecule has 3 aromatic rings. The second kappa shape index (κ2) is 5.64. The number of pyridine rings is 1. The maximum atomic E-state index is 9.51. The van der Waals surface area contributed by atoms with Crippen molar-refractivity contribution in [3.63, 3.8) is 0 Å². The minimum Gasteiger partial charge on any atom is -0.432 e. The number of nitrogens with zero attached hydrogens (tertiary/aromatic N) is 3. The highest BCUT2D eigenvalue weighted by molar-refractivity contribution is 6.06. The molecule has 7 heteroatoms. The predicted octanol–water partition coefficient (Wildman–Crippen LogP) is 2.72. The summed E-state index contributed by atoms with van der Waals surface area (Å²) in [6.45, 7) is 8.80. The molecular formula is C18H22N4O3. The van der Waals surface area contributed by atoms with Crippen molar-refractivity contribution in [1.29, 1.82) is 0 Å². The zero-order chi connectivity index (χ0) is 17.8. The molecule has 2 N–H and O–H groups in total. The maximum absolute atomic E-state index is 9.51. The quantitative estimate of drug-likeness (QED) is 0.756. The Morgan fingerprint density at radius 1 is 1.32 bits per heavy atom. The van der Waals surface area contributed by atoms with Crippen molar-refractivity contribution in [2.45, 2.75) is 52.4 Å². The Bertz CT molecular complexity index is 962. The summed E-state index contributed by atoms with van der Waals surface area (Å²) < 4.78 is 12.0. The summed E-state index contributed by atoms with van der Waals surface area (Å²) in [7, 11) is 0. The lowest BCUT2D eigenvalue weighted by Crippen LogP contribution is -2.32. The van der Waals surface area contributed by atoms with Crippen LogP contribution >= 0.6 is 0 Å². The van der Waals surface area contributed by atoms with Gasteiger partial charge in [0.25, 0.3) is 0 Å². The molecule has 25 heavy (non-hydrogen) atoms. The third-order valence-corrected chi connectivity index (χ3v) is 4.60. The third-order valence-electron chi connectivity index (χ3n) is 4.60. The van der Waals surface area contributed by atoms with Gasteiger partial charge in [0.2, 0.25) is 5.71 Å². The van der Waals surface area contributed by atoms with E-state index in [1.165, 1.54) is 11.9 Å². The molecule has 1 aliphatic rings. The van der Waals surface area contributed by atoms with Crippen molar-refractivity contribution in [2.24, 2.45) is 0 Å². The van der Waals surface area contributed by atoms with Gasteiger partial charge in [-0.25, -0.2) is 15.0 Å². The van der Waals surface area contributed by atoms with Gasteiger partial charge in [0.05, 0.1) is 23.7 Å². The second-order valence-electron chi connectivity index (χ2n) is 7.29. The first kappa shape index (κ1) is 16.2. The van der Waals surface area contributed by atoms with Crippen molar-refractivity contribution in [3.05, 3.63) is 23.1 Å². The van der Waals surface area contributed by atoms with Gasteiger partial charge in [-0.15, -0.1) is 0 Å². The Kier molecular flexibility index (Phi) is 3.66. The third kappa shape index (κ3) is 2.73. The number of aromatic nitrogens is 3. The van der Waals surface area contributed by atoms with E-state index in [1.807, 2.05) is 6.92 Å². The molecule has 3 aromatic heterocycles. The molecule has 1 unspecified atom stereocenters. The average molecular weight is 342 g/mol. The molecule has 4 rings (SSSR count). The summed E-state index contributed by atoms with van der Waals surface area (Å²) in [6.07, 6.45) is 1.80. The minimum atomic E-state index is -0.486. The van der Waals surface area contributed by atoms with Crippen LogP contribution in [0.25, 0.3) is 22.2 Å². The zero-order valence-corrected chi connectivity index (χ0v) is 14.9. The van der Waals surface area contributed by atoms with Gasteiger partial charge in [0.1, 0.15) is 11.8 Å². The van der Waals surface area contributed by atoms with Crippen LogP contribution in [0.5, 0.6) is 0 Å². The molecule has 0 aromatic carbocycles. The molecule has 132 valence electrons. The summed E-state index contributed by atoms with van der Waals surface area (Å²) in [5.41, 5.74) is 4.89. The van der Waals surface area contributed by atoms with E-state index in [2.05, 4.69) is 34.1 Å². The van der Waals surface area contributed by atoms with Gasteiger partial charge in [-0.1, -0.05) is 0 Å². The van der Waals surface area contributed by atoms with Gasteiger partial charge in [-0.3, -0.25) is 0 Å². The molecular weight excluding hydrogens is 320 g/mol. The lowest BCUT2D eigenvalue weighted by atomic mass is 9.89. The van der Waals surface area contributed by atoms with E-state index in [9.17, 15) is 5.11 Å². The first-order chi connectivity index (χ1) is 11.9. The van der Waals surface area contributed by atoms with Crippen molar-refractivity contribution >= 4 is 28.0 Å². The lowest BCUT2D eigenvalue weighted by molar-refractivity contribution is -0.0400. The highest BCUT2D eigenvalue weighted by Gasteiger charge is 2.31. The lowest BCUT2D eigenvalue weighted by Gasteiger charge is -2.32. The zero-order valence-electron chi connectivity index (χ0n) is 14.9. The molecule has 0 amide bonds. The van der Waals surface area contributed by atoms with E-state index in [-0.39, 0.29) is 5.60 Å². The van der Waals surface area contributed by atoms with Gasteiger partial charge in [-0.05, 0) is 33.3 Å². The average Bonchev–Trinajstić information content (AvgIpc) is 2.90. The largest absolute Gasteiger partial charge is 0.432 e. The van der Waals surface area contributed by atoms with Crippen molar-refractivity contribution in [2.75, 3.05) is 11.9 Å². The Hall–Kier alpha value is -2.25. The van der Waals surface area contributed by atoms with Crippen LogP contribution in [-0.4, -0.2) is 38.3 Å². The maximum Gasteiger partial charge on any atom is 0.229 e. The number of aliphatic hydroxyl groups is 1. The summed E-state index contributed by atoms with van der Waals surface area (Å²) in [6, 6.07) is 0. The number of aryl methyl sites for hydroxylation is 1. The monoisotopic (exact) mass is 342 g/mol. The molecule has 1 aliphatic heterocycles. The number of nitrogens with one attached hydrogen (secondary N) is 1. The topological polar surface area (TPSA) is 93.3 Å². The fourth-order valence-corrected chi connectivity index (χ4v) is 3.34. The van der Waals surface area contributed by atoms with Crippen LogP contribution in [0.15, 0.2) is 10.7 Å². The van der Waals surface area contributed by atoms with Crippen LogP contribution in [0.1, 0.15) is 37.6 Å². The Balaban J connectivity index is 1.96. The molecule has 0 aliphatic carbocycles. The number of ether oxygens (including phenoxy) is 1. The molecule has 0 saturated carbocycles. The molecule has 0 radical (unpaired) electrons. The number of fused-ring (bicyclic) bond motifs is 5. The Labute approximate surface area is 145 Å². The number of hydrogen-bond donors (Lipinski definition) is 2. The smallest absolute Gasteiger partial charge is 0.229 e. The van der Waals surface area contributed by atoms with Crippen LogP contribution in [0.3, 0.4) is 0 Å². The number of aliphatic hydroxyl groups excluding tert-OH is 1. The SMILES string of the molecule is Cc1nc2oc3c(NCC(C)O)ncnc3c2c2c1COC(C)(C)C2. The Morgan fingerprint density at radius 3 is 2.88 bits per heavy atom. The normalized spacial score (nSPS) is 17.6. The predicted molar refractivity (Wildman–Crippen MR) is 94.6 cm³/mol. The van der Waals surface area contributed by atoms with Crippen LogP contribution in [0, 0.1) is 6.92 Å². The fraction of sp³-hybridized carbons (Fsp3) is 0.500. The van der Waals surface area contributed by atoms with Crippen molar-refractivity contribution < 1.29 is 14.3 Å². The fourth-order valence-electron chi connectivity index (χ4n) is 3.34. The van der Waals surface area contributed by atoms with Crippen LogP contribution < -0.4 is 5.32 Å². The standard InChI is InChI=1S/C18H22N4O3/c1-9(23)6-19-16-15-14(20-8-21-16)13-11-5-18(3,4)24-7-12(11)10(2)22-17(13)25-15/h8-9,23H,5-7H2,1-4H3,(H,19,20,21). The number of anilines is 1. The Morgan fingerprint density at radius 2 is 2.12 bits per heavy atom. The summed E-state index contributed by atoms with van der Waals surface area (Å²) in [5, 5.41) is 13.6. The number of furan rings is 1. The molecule has 0 saturated heterocycles. The number of rotatable bonds is 3. The second-order valence-corrected chi connectivity index (χ2v) is 7.29. The van der Waals surface area contributed by atoms with Crippen LogP contribution in [0.4, 0.5) is 5.82 Å². The van der Waals surface area contributed by atoms with Gasteiger partial charge in [0, 0.05) is 24.2 Å². The van der Waals surface area contributed by atoms with E-state index in [0.717, 1.165) is 28.6 Å². The van der Waals surface area contributed by atoms with Gasteiger partial charge >= 0.3 is 0 Å². The first-order valence-electron chi connectivity index (χ1n) is 8.47. The van der Waals surface area contributed by atoms with E-state index in [0.29, 0.717) is 30.3 Å². The minimum absolute atomic E-state index is 0.238. The van der Waals surface area contributed by atoms with Crippen LogP contribution in [0.2, 0.25) is 0 Å². The van der Waals surface area contributed by atoms with E-state index < -0.39 is 6.10 Å². The highest BCUT2D eigenvalue weighted by atomic mass is 16.5. The highest BCUT2D eigenvalue weighted by Crippen LogP contribution is 2.39. The summed E-state index contributed by atoms with van der Waals surface area (Å²) in [4.78, 5) is 13.3. The number of hydrogen-bond acceptors (Lipinski definition) is 7. The molecule has 0 fully saturated rings. The molecule has 1 atom stereocenters.